The fourth-order valence-electron chi connectivity index (χ4n) is 4.32. The van der Waals surface area contributed by atoms with Crippen LogP contribution in [-0.4, -0.2) is 33.4 Å². The van der Waals surface area contributed by atoms with Gasteiger partial charge in [-0.1, -0.05) is 54.1 Å². The molecule has 1 atom stereocenters. The van der Waals surface area contributed by atoms with Crippen molar-refractivity contribution in [3.8, 4) is 28.7 Å². The first-order chi connectivity index (χ1) is 18.6. The van der Waals surface area contributed by atoms with Crippen LogP contribution in [-0.2, 0) is 4.79 Å². The summed E-state index contributed by atoms with van der Waals surface area (Å²) in [6.07, 6.45) is 0.666. The third kappa shape index (κ3) is 4.99. The predicted molar refractivity (Wildman–Crippen MR) is 147 cm³/mol. The van der Waals surface area contributed by atoms with E-state index in [4.69, 9.17) is 14.3 Å². The molecule has 0 saturated heterocycles. The maximum Gasteiger partial charge on any atom is 0.281 e. The second-order valence-electron chi connectivity index (χ2n) is 8.98. The van der Waals surface area contributed by atoms with Crippen molar-refractivity contribution in [2.45, 2.75) is 19.4 Å². The number of aromatic nitrogens is 2. The van der Waals surface area contributed by atoms with Crippen molar-refractivity contribution in [3.05, 3.63) is 112 Å². The third-order valence-electron chi connectivity index (χ3n) is 6.34. The summed E-state index contributed by atoms with van der Waals surface area (Å²) >= 11 is 1.63. The van der Waals surface area contributed by atoms with Crippen LogP contribution in [0.25, 0.3) is 22.9 Å². The van der Waals surface area contributed by atoms with E-state index in [2.05, 4.69) is 41.4 Å². The van der Waals surface area contributed by atoms with Crippen molar-refractivity contribution >= 4 is 23.0 Å². The van der Waals surface area contributed by atoms with Gasteiger partial charge < -0.3 is 9.15 Å². The average Bonchev–Trinajstić information content (AvgIpc) is 3.74. The molecule has 1 aliphatic heterocycles. The number of hydrogen-bond acceptors (Lipinski definition) is 7. The summed E-state index contributed by atoms with van der Waals surface area (Å²) in [7, 11) is 0. The number of hydrazone groups is 1. The standard InChI is InChI=1S/C30H24N4O3S/c1-20-9-11-21(12-10-20)26-18-25(27-8-5-17-38-27)33-34(26)28(35)19-36-24-15-13-23(14-16-24)30-32-31-29(37-30)22-6-3-2-4-7-22/h2-17,26H,18-19H2,1H3. The number of amides is 1. The van der Waals surface area contributed by atoms with Gasteiger partial charge in [-0.2, -0.15) is 5.10 Å². The highest BCUT2D eigenvalue weighted by Gasteiger charge is 2.33. The van der Waals surface area contributed by atoms with E-state index < -0.39 is 0 Å². The Morgan fingerprint density at radius 2 is 1.63 bits per heavy atom. The van der Waals surface area contributed by atoms with E-state index in [0.29, 0.717) is 24.0 Å². The normalized spacial score (nSPS) is 14.9. The van der Waals surface area contributed by atoms with E-state index in [-0.39, 0.29) is 18.6 Å². The molecule has 8 heteroatoms. The van der Waals surface area contributed by atoms with E-state index >= 15 is 0 Å². The summed E-state index contributed by atoms with van der Waals surface area (Å²) in [6, 6.07) is 29.0. The molecule has 188 valence electrons. The summed E-state index contributed by atoms with van der Waals surface area (Å²) in [5, 5.41) is 16.6. The van der Waals surface area contributed by atoms with Crippen molar-refractivity contribution in [2.24, 2.45) is 5.10 Å². The van der Waals surface area contributed by atoms with Gasteiger partial charge >= 0.3 is 0 Å². The van der Waals surface area contributed by atoms with Gasteiger partial charge in [0, 0.05) is 17.5 Å². The minimum Gasteiger partial charge on any atom is -0.484 e. The lowest BCUT2D eigenvalue weighted by atomic mass is 10.00. The highest BCUT2D eigenvalue weighted by molar-refractivity contribution is 7.12. The maximum atomic E-state index is 13.3. The zero-order chi connectivity index (χ0) is 25.9. The number of benzene rings is 3. The van der Waals surface area contributed by atoms with Gasteiger partial charge in [-0.05, 0) is 60.3 Å². The molecule has 0 fully saturated rings. The van der Waals surface area contributed by atoms with E-state index in [1.165, 1.54) is 5.56 Å². The van der Waals surface area contributed by atoms with Gasteiger partial charge in [0.1, 0.15) is 5.75 Å². The van der Waals surface area contributed by atoms with Crippen LogP contribution in [0.3, 0.4) is 0 Å². The monoisotopic (exact) mass is 520 g/mol. The van der Waals surface area contributed by atoms with Gasteiger partial charge in [0.05, 0.1) is 16.6 Å². The summed E-state index contributed by atoms with van der Waals surface area (Å²) in [4.78, 5) is 14.3. The average molecular weight is 521 g/mol. The highest BCUT2D eigenvalue weighted by atomic mass is 32.1. The minimum atomic E-state index is -0.199. The number of nitrogens with zero attached hydrogens (tertiary/aromatic N) is 4. The first-order valence-corrected chi connectivity index (χ1v) is 13.1. The molecule has 1 unspecified atom stereocenters. The number of carbonyl (C=O) groups is 1. The molecule has 0 spiro atoms. The molecule has 38 heavy (non-hydrogen) atoms. The van der Waals surface area contributed by atoms with E-state index in [9.17, 15) is 4.79 Å². The molecule has 3 aromatic carbocycles. The summed E-state index contributed by atoms with van der Waals surface area (Å²) < 4.78 is 11.7. The fourth-order valence-corrected chi connectivity index (χ4v) is 5.04. The van der Waals surface area contributed by atoms with Crippen LogP contribution in [0.4, 0.5) is 0 Å². The van der Waals surface area contributed by atoms with Crippen LogP contribution in [0.1, 0.15) is 28.5 Å². The van der Waals surface area contributed by atoms with Crippen molar-refractivity contribution in [3.63, 3.8) is 0 Å². The highest BCUT2D eigenvalue weighted by Crippen LogP contribution is 2.34. The number of thiophene rings is 1. The molecule has 0 saturated carbocycles. The molecular weight excluding hydrogens is 496 g/mol. The van der Waals surface area contributed by atoms with Gasteiger partial charge in [0.2, 0.25) is 11.8 Å². The van der Waals surface area contributed by atoms with Crippen molar-refractivity contribution in [1.82, 2.24) is 15.2 Å². The van der Waals surface area contributed by atoms with Crippen LogP contribution in [0.2, 0.25) is 0 Å². The number of hydrogen-bond donors (Lipinski definition) is 0. The molecule has 3 heterocycles. The Balaban J connectivity index is 1.14. The minimum absolute atomic E-state index is 0.123. The first-order valence-electron chi connectivity index (χ1n) is 12.3. The molecule has 5 aromatic rings. The molecule has 0 bridgehead atoms. The van der Waals surface area contributed by atoms with Gasteiger partial charge in [0.15, 0.2) is 6.61 Å². The Morgan fingerprint density at radius 3 is 2.32 bits per heavy atom. The molecule has 6 rings (SSSR count). The molecular formula is C30H24N4O3S. The van der Waals surface area contributed by atoms with E-state index in [1.54, 1.807) is 28.5 Å². The number of ether oxygens (including phenoxy) is 1. The topological polar surface area (TPSA) is 80.8 Å². The molecule has 0 N–H and O–H groups in total. The van der Waals surface area contributed by atoms with Gasteiger partial charge in [-0.3, -0.25) is 4.79 Å². The second-order valence-corrected chi connectivity index (χ2v) is 9.93. The van der Waals surface area contributed by atoms with Gasteiger partial charge in [-0.15, -0.1) is 21.5 Å². The largest absolute Gasteiger partial charge is 0.484 e. The quantitative estimate of drug-likeness (QED) is 0.244. The van der Waals surface area contributed by atoms with Crippen molar-refractivity contribution in [1.29, 1.82) is 0 Å². The van der Waals surface area contributed by atoms with Gasteiger partial charge in [-0.25, -0.2) is 5.01 Å². The van der Waals surface area contributed by atoms with Gasteiger partial charge in [0.25, 0.3) is 5.91 Å². The SMILES string of the molecule is Cc1ccc(C2CC(c3cccs3)=NN2C(=O)COc2ccc(-c3nnc(-c4ccccc4)o3)cc2)cc1. The Kier molecular flexibility index (Phi) is 6.54. The zero-order valence-electron chi connectivity index (χ0n) is 20.7. The Labute approximate surface area is 224 Å². The third-order valence-corrected chi connectivity index (χ3v) is 7.26. The number of aryl methyl sites for hydroxylation is 1. The van der Waals surface area contributed by atoms with Crippen LogP contribution in [0.5, 0.6) is 5.75 Å². The van der Waals surface area contributed by atoms with Crippen LogP contribution < -0.4 is 4.74 Å². The predicted octanol–water partition coefficient (Wildman–Crippen LogP) is 6.53. The van der Waals surface area contributed by atoms with Crippen LogP contribution >= 0.6 is 11.3 Å². The maximum absolute atomic E-state index is 13.3. The first kappa shape index (κ1) is 23.8. The number of carbonyl (C=O) groups excluding carboxylic acids is 1. The second kappa shape index (κ2) is 10.4. The van der Waals surface area contributed by atoms with E-state index in [0.717, 1.165) is 27.3 Å². The molecule has 0 radical (unpaired) electrons. The Bertz CT molecular complexity index is 1560. The lowest BCUT2D eigenvalue weighted by Gasteiger charge is -2.22. The molecule has 7 nitrogen and oxygen atoms in total. The smallest absolute Gasteiger partial charge is 0.281 e. The molecule has 1 aliphatic rings. The van der Waals surface area contributed by atoms with Crippen molar-refractivity contribution in [2.75, 3.05) is 6.61 Å². The number of rotatable bonds is 7. The summed E-state index contributed by atoms with van der Waals surface area (Å²) in [5.74, 6) is 1.25. The summed E-state index contributed by atoms with van der Waals surface area (Å²) in [6.45, 7) is 1.93. The van der Waals surface area contributed by atoms with E-state index in [1.807, 2.05) is 60.0 Å². The van der Waals surface area contributed by atoms with Crippen molar-refractivity contribution < 1.29 is 13.9 Å². The van der Waals surface area contributed by atoms with Crippen LogP contribution in [0, 0.1) is 6.92 Å². The molecule has 1 amide bonds. The lowest BCUT2D eigenvalue weighted by molar-refractivity contribution is -0.135. The zero-order valence-corrected chi connectivity index (χ0v) is 21.5. The summed E-state index contributed by atoms with van der Waals surface area (Å²) in [5.41, 5.74) is 4.77. The Morgan fingerprint density at radius 1 is 0.921 bits per heavy atom. The molecule has 2 aromatic heterocycles. The lowest BCUT2D eigenvalue weighted by Crippen LogP contribution is -2.31. The fraction of sp³-hybridized carbons (Fsp3) is 0.133. The van der Waals surface area contributed by atoms with Crippen LogP contribution in [0.15, 0.2) is 106 Å². The molecule has 0 aliphatic carbocycles. The Hall–Kier alpha value is -4.56.